The minimum Gasteiger partial charge on any atom is -0.398 e. The molecule has 0 aliphatic heterocycles. The highest BCUT2D eigenvalue weighted by Gasteiger charge is 2.07. The summed E-state index contributed by atoms with van der Waals surface area (Å²) in [6.07, 6.45) is 6.55. The lowest BCUT2D eigenvalue weighted by molar-refractivity contribution is 0.0979. The van der Waals surface area contributed by atoms with Crippen molar-refractivity contribution in [3.63, 3.8) is 0 Å². The van der Waals surface area contributed by atoms with Crippen molar-refractivity contribution >= 4 is 23.1 Å². The molecule has 2 nitrogen and oxygen atoms in total. The number of carbonyl (C=O) groups is 1. The highest BCUT2D eigenvalue weighted by molar-refractivity contribution is 6.33. The summed E-state index contributed by atoms with van der Waals surface area (Å²) in [6, 6.07) is 5.05. The molecule has 0 aromatic heterocycles. The summed E-state index contributed by atoms with van der Waals surface area (Å²) in [5.74, 6) is 0.130. The van der Waals surface area contributed by atoms with Gasteiger partial charge in [-0.05, 0) is 37.5 Å². The number of unbranched alkanes of at least 4 members (excludes halogenated alkanes) is 3. The van der Waals surface area contributed by atoms with Gasteiger partial charge in [0.05, 0.1) is 10.7 Å². The van der Waals surface area contributed by atoms with Crippen LogP contribution >= 0.6 is 11.6 Å². The molecule has 0 saturated heterocycles. The number of allylic oxidation sites excluding steroid dienone is 1. The summed E-state index contributed by atoms with van der Waals surface area (Å²) < 4.78 is 0. The quantitative estimate of drug-likeness (QED) is 0.341. The summed E-state index contributed by atoms with van der Waals surface area (Å²) in [6.45, 7) is 3.67. The first-order valence-corrected chi connectivity index (χ1v) is 6.22. The molecule has 0 amide bonds. The fourth-order valence-electron chi connectivity index (χ4n) is 1.60. The Labute approximate surface area is 107 Å². The molecule has 0 atom stereocenters. The number of ketones is 1. The third-order valence-corrected chi connectivity index (χ3v) is 2.96. The molecule has 0 radical (unpaired) electrons. The predicted molar refractivity (Wildman–Crippen MR) is 73.5 cm³/mol. The van der Waals surface area contributed by atoms with E-state index in [9.17, 15) is 4.79 Å². The van der Waals surface area contributed by atoms with Gasteiger partial charge in [-0.3, -0.25) is 4.79 Å². The Balaban J connectivity index is 2.41. The maximum atomic E-state index is 11.8. The maximum absolute atomic E-state index is 11.8. The molecule has 0 bridgehead atoms. The van der Waals surface area contributed by atoms with E-state index in [0.29, 0.717) is 22.7 Å². The first kappa shape index (κ1) is 13.8. The predicted octanol–water partition coefficient (Wildman–Crippen LogP) is 4.24. The number of nitrogen functional groups attached to an aromatic ring is 1. The summed E-state index contributed by atoms with van der Waals surface area (Å²) in [7, 11) is 0. The Kier molecular flexibility index (Phi) is 5.78. The largest absolute Gasteiger partial charge is 0.398 e. The molecule has 92 valence electrons. The monoisotopic (exact) mass is 251 g/mol. The Morgan fingerprint density at radius 3 is 2.76 bits per heavy atom. The molecule has 0 fully saturated rings. The van der Waals surface area contributed by atoms with Gasteiger partial charge >= 0.3 is 0 Å². The second-order valence-electron chi connectivity index (χ2n) is 4.05. The van der Waals surface area contributed by atoms with Gasteiger partial charge < -0.3 is 5.73 Å². The second kappa shape index (κ2) is 7.13. The van der Waals surface area contributed by atoms with E-state index in [4.69, 9.17) is 17.3 Å². The molecule has 1 aromatic rings. The van der Waals surface area contributed by atoms with Crippen molar-refractivity contribution in [2.75, 3.05) is 5.73 Å². The minimum absolute atomic E-state index is 0.130. The first-order valence-electron chi connectivity index (χ1n) is 5.84. The Morgan fingerprint density at radius 1 is 1.35 bits per heavy atom. The standard InChI is InChI=1S/C14H18ClNO/c1-2-3-4-5-6-7-14(17)11-8-9-13(16)12(15)10-11/h2,8-10H,1,3-7,16H2. The van der Waals surface area contributed by atoms with Crippen LogP contribution in [-0.4, -0.2) is 5.78 Å². The van der Waals surface area contributed by atoms with Gasteiger partial charge in [-0.2, -0.15) is 0 Å². The van der Waals surface area contributed by atoms with E-state index in [1.54, 1.807) is 18.2 Å². The van der Waals surface area contributed by atoms with E-state index in [1.165, 1.54) is 0 Å². The van der Waals surface area contributed by atoms with Crippen LogP contribution < -0.4 is 5.73 Å². The Morgan fingerprint density at radius 2 is 2.12 bits per heavy atom. The van der Waals surface area contributed by atoms with Crippen molar-refractivity contribution in [2.24, 2.45) is 0 Å². The first-order chi connectivity index (χ1) is 8.15. The number of nitrogens with two attached hydrogens (primary N) is 1. The Hall–Kier alpha value is -1.28. The average molecular weight is 252 g/mol. The number of benzene rings is 1. The van der Waals surface area contributed by atoms with Gasteiger partial charge in [0.15, 0.2) is 5.78 Å². The molecule has 2 N–H and O–H groups in total. The Bertz CT molecular complexity index is 401. The number of hydrogen-bond donors (Lipinski definition) is 1. The molecule has 0 spiro atoms. The number of carbonyl (C=O) groups excluding carboxylic acids is 1. The van der Waals surface area contributed by atoms with Gasteiger partial charge in [-0.15, -0.1) is 6.58 Å². The van der Waals surface area contributed by atoms with Crippen LogP contribution in [0.25, 0.3) is 0 Å². The molecule has 0 saturated carbocycles. The van der Waals surface area contributed by atoms with Crippen LogP contribution in [0.2, 0.25) is 5.02 Å². The molecule has 0 aliphatic carbocycles. The zero-order valence-corrected chi connectivity index (χ0v) is 10.7. The highest BCUT2D eigenvalue weighted by atomic mass is 35.5. The minimum atomic E-state index is 0.130. The zero-order chi connectivity index (χ0) is 12.7. The van der Waals surface area contributed by atoms with Gasteiger partial charge in [0, 0.05) is 12.0 Å². The lowest BCUT2D eigenvalue weighted by atomic mass is 10.0. The summed E-state index contributed by atoms with van der Waals surface area (Å²) >= 11 is 5.87. The van der Waals surface area contributed by atoms with E-state index in [0.717, 1.165) is 25.7 Å². The van der Waals surface area contributed by atoms with Crippen LogP contribution in [-0.2, 0) is 0 Å². The van der Waals surface area contributed by atoms with Crippen molar-refractivity contribution in [2.45, 2.75) is 32.1 Å². The number of halogens is 1. The molecular formula is C14H18ClNO. The van der Waals surface area contributed by atoms with Crippen molar-refractivity contribution in [3.05, 3.63) is 41.4 Å². The molecule has 0 heterocycles. The van der Waals surface area contributed by atoms with Crippen LogP contribution in [0.5, 0.6) is 0 Å². The molecule has 0 unspecified atom stereocenters. The molecule has 3 heteroatoms. The van der Waals surface area contributed by atoms with Crippen molar-refractivity contribution < 1.29 is 4.79 Å². The lowest BCUT2D eigenvalue weighted by Gasteiger charge is -2.03. The fourth-order valence-corrected chi connectivity index (χ4v) is 1.78. The van der Waals surface area contributed by atoms with Crippen molar-refractivity contribution in [3.8, 4) is 0 Å². The molecule has 17 heavy (non-hydrogen) atoms. The lowest BCUT2D eigenvalue weighted by Crippen LogP contribution is -1.99. The van der Waals surface area contributed by atoms with E-state index in [2.05, 4.69) is 6.58 Å². The third-order valence-electron chi connectivity index (χ3n) is 2.63. The average Bonchev–Trinajstić information content (AvgIpc) is 2.32. The third kappa shape index (κ3) is 4.61. The van der Waals surface area contributed by atoms with E-state index in [1.807, 2.05) is 6.08 Å². The van der Waals surface area contributed by atoms with Crippen LogP contribution in [0, 0.1) is 0 Å². The van der Waals surface area contributed by atoms with Gasteiger partial charge in [0.2, 0.25) is 0 Å². The fraction of sp³-hybridized carbons (Fsp3) is 0.357. The van der Waals surface area contributed by atoms with Crippen LogP contribution in [0.1, 0.15) is 42.5 Å². The normalized spacial score (nSPS) is 10.2. The van der Waals surface area contributed by atoms with Crippen molar-refractivity contribution in [1.29, 1.82) is 0 Å². The number of Topliss-reactive ketones (excluding diaryl/α,β-unsaturated/α-hetero) is 1. The summed E-state index contributed by atoms with van der Waals surface area (Å²) in [5.41, 5.74) is 6.75. The van der Waals surface area contributed by atoms with Gasteiger partial charge in [0.25, 0.3) is 0 Å². The maximum Gasteiger partial charge on any atom is 0.162 e. The number of rotatable bonds is 7. The van der Waals surface area contributed by atoms with Crippen molar-refractivity contribution in [1.82, 2.24) is 0 Å². The topological polar surface area (TPSA) is 43.1 Å². The van der Waals surface area contributed by atoms with Crippen LogP contribution in [0.15, 0.2) is 30.9 Å². The highest BCUT2D eigenvalue weighted by Crippen LogP contribution is 2.21. The van der Waals surface area contributed by atoms with Gasteiger partial charge in [0.1, 0.15) is 0 Å². The summed E-state index contributed by atoms with van der Waals surface area (Å²) in [5, 5.41) is 0.447. The molecular weight excluding hydrogens is 234 g/mol. The number of anilines is 1. The van der Waals surface area contributed by atoms with E-state index in [-0.39, 0.29) is 5.78 Å². The van der Waals surface area contributed by atoms with E-state index >= 15 is 0 Å². The zero-order valence-electron chi connectivity index (χ0n) is 9.92. The smallest absolute Gasteiger partial charge is 0.162 e. The van der Waals surface area contributed by atoms with Gasteiger partial charge in [-0.25, -0.2) is 0 Å². The van der Waals surface area contributed by atoms with Crippen LogP contribution in [0.4, 0.5) is 5.69 Å². The van der Waals surface area contributed by atoms with E-state index < -0.39 is 0 Å². The van der Waals surface area contributed by atoms with Gasteiger partial charge in [-0.1, -0.05) is 24.1 Å². The second-order valence-corrected chi connectivity index (χ2v) is 4.45. The molecule has 1 aromatic carbocycles. The molecule has 1 rings (SSSR count). The molecule has 0 aliphatic rings. The number of hydrogen-bond acceptors (Lipinski definition) is 2. The summed E-state index contributed by atoms with van der Waals surface area (Å²) in [4.78, 5) is 11.8. The SMILES string of the molecule is C=CCCCCCC(=O)c1ccc(N)c(Cl)c1. The van der Waals surface area contributed by atoms with Crippen LogP contribution in [0.3, 0.4) is 0 Å².